The van der Waals surface area contributed by atoms with Crippen LogP contribution < -0.4 is 0 Å². The maximum absolute atomic E-state index is 13.0. The van der Waals surface area contributed by atoms with Crippen LogP contribution in [0.1, 0.15) is 29.2 Å². The molecular weight excluding hydrogens is 280 g/mol. The van der Waals surface area contributed by atoms with Crippen molar-refractivity contribution in [1.29, 1.82) is 0 Å². The van der Waals surface area contributed by atoms with Gasteiger partial charge in [-0.15, -0.1) is 0 Å². The van der Waals surface area contributed by atoms with E-state index in [0.29, 0.717) is 25.2 Å². The van der Waals surface area contributed by atoms with Crippen LogP contribution in [0.3, 0.4) is 0 Å². The standard InChI is InChI=1S/C14H19F2N3O2/c1-9-4-5-11(19(9)14(15)16)13(21)18(3)8-10-6-12(20)17(2)7-10/h4-5,10,14H,6-8H2,1-3H3/t10-/m1/s1. The van der Waals surface area contributed by atoms with Crippen LogP contribution in [0.25, 0.3) is 0 Å². The van der Waals surface area contributed by atoms with E-state index in [9.17, 15) is 18.4 Å². The van der Waals surface area contributed by atoms with E-state index in [1.54, 1.807) is 19.0 Å². The van der Waals surface area contributed by atoms with E-state index < -0.39 is 12.5 Å². The Morgan fingerprint density at radius 3 is 2.67 bits per heavy atom. The predicted octanol–water partition coefficient (Wildman–Crippen LogP) is 1.74. The number of aromatic nitrogens is 1. The summed E-state index contributed by atoms with van der Waals surface area (Å²) in [6, 6.07) is 2.91. The molecule has 0 aromatic carbocycles. The lowest BCUT2D eigenvalue weighted by Crippen LogP contribution is -2.34. The highest BCUT2D eigenvalue weighted by Gasteiger charge is 2.30. The molecule has 1 aliphatic heterocycles. The van der Waals surface area contributed by atoms with Gasteiger partial charge >= 0.3 is 6.55 Å². The Morgan fingerprint density at radius 2 is 2.14 bits per heavy atom. The monoisotopic (exact) mass is 299 g/mol. The van der Waals surface area contributed by atoms with Gasteiger partial charge in [-0.1, -0.05) is 0 Å². The number of nitrogens with zero attached hydrogens (tertiary/aromatic N) is 3. The molecule has 0 unspecified atom stereocenters. The van der Waals surface area contributed by atoms with E-state index in [1.165, 1.54) is 24.0 Å². The quantitative estimate of drug-likeness (QED) is 0.850. The zero-order valence-corrected chi connectivity index (χ0v) is 12.3. The van der Waals surface area contributed by atoms with Crippen molar-refractivity contribution in [1.82, 2.24) is 14.4 Å². The molecule has 0 N–H and O–H groups in total. The Labute approximate surface area is 122 Å². The molecule has 7 heteroatoms. The number of hydrogen-bond donors (Lipinski definition) is 0. The van der Waals surface area contributed by atoms with Crippen LogP contribution in [-0.4, -0.2) is 53.4 Å². The summed E-state index contributed by atoms with van der Waals surface area (Å²) >= 11 is 0. The molecule has 0 saturated carbocycles. The third-order valence-electron chi connectivity index (χ3n) is 3.84. The van der Waals surface area contributed by atoms with Gasteiger partial charge in [0, 0.05) is 45.2 Å². The summed E-state index contributed by atoms with van der Waals surface area (Å²) in [7, 11) is 3.29. The van der Waals surface area contributed by atoms with Gasteiger partial charge in [0.2, 0.25) is 5.91 Å². The minimum Gasteiger partial charge on any atom is -0.345 e. The second-order valence-corrected chi connectivity index (χ2v) is 5.54. The molecule has 1 aromatic heterocycles. The molecule has 116 valence electrons. The SMILES string of the molecule is Cc1ccc(C(=O)N(C)C[C@@H]2CC(=O)N(C)C2)n1C(F)F. The number of halogens is 2. The van der Waals surface area contributed by atoms with Crippen molar-refractivity contribution in [2.24, 2.45) is 5.92 Å². The van der Waals surface area contributed by atoms with Crippen LogP contribution in [-0.2, 0) is 4.79 Å². The number of alkyl halides is 2. The molecule has 1 saturated heterocycles. The summed E-state index contributed by atoms with van der Waals surface area (Å²) in [5, 5.41) is 0. The van der Waals surface area contributed by atoms with Crippen LogP contribution in [0.4, 0.5) is 8.78 Å². The van der Waals surface area contributed by atoms with Crippen molar-refractivity contribution in [2.45, 2.75) is 19.9 Å². The Balaban J connectivity index is 2.08. The highest BCUT2D eigenvalue weighted by atomic mass is 19.3. The first-order valence-electron chi connectivity index (χ1n) is 6.76. The van der Waals surface area contributed by atoms with Gasteiger partial charge in [-0.05, 0) is 19.1 Å². The predicted molar refractivity (Wildman–Crippen MR) is 73.1 cm³/mol. The first-order chi connectivity index (χ1) is 9.81. The van der Waals surface area contributed by atoms with Crippen LogP contribution in [0.2, 0.25) is 0 Å². The lowest BCUT2D eigenvalue weighted by molar-refractivity contribution is -0.126. The largest absolute Gasteiger partial charge is 0.345 e. The van der Waals surface area contributed by atoms with Gasteiger partial charge in [0.15, 0.2) is 0 Å². The van der Waals surface area contributed by atoms with Gasteiger partial charge in [0.25, 0.3) is 5.91 Å². The van der Waals surface area contributed by atoms with E-state index in [0.717, 1.165) is 4.57 Å². The Hall–Kier alpha value is -1.92. The van der Waals surface area contributed by atoms with Gasteiger partial charge in [-0.3, -0.25) is 14.2 Å². The summed E-state index contributed by atoms with van der Waals surface area (Å²) in [6.45, 7) is -0.243. The molecule has 2 heterocycles. The number of amides is 2. The summed E-state index contributed by atoms with van der Waals surface area (Å²) < 4.78 is 26.7. The van der Waals surface area contributed by atoms with Crippen LogP contribution >= 0.6 is 0 Å². The van der Waals surface area contributed by atoms with Crippen molar-refractivity contribution < 1.29 is 18.4 Å². The van der Waals surface area contributed by atoms with Crippen LogP contribution in [0.5, 0.6) is 0 Å². The number of aryl methyl sites for hydroxylation is 1. The second-order valence-electron chi connectivity index (χ2n) is 5.54. The number of rotatable bonds is 4. The van der Waals surface area contributed by atoms with E-state index >= 15 is 0 Å². The van der Waals surface area contributed by atoms with E-state index in [2.05, 4.69) is 0 Å². The lowest BCUT2D eigenvalue weighted by atomic mass is 10.1. The Kier molecular flexibility index (Phi) is 4.29. The summed E-state index contributed by atoms with van der Waals surface area (Å²) in [5.41, 5.74) is 0.320. The van der Waals surface area contributed by atoms with E-state index in [4.69, 9.17) is 0 Å². The average molecular weight is 299 g/mol. The zero-order chi connectivity index (χ0) is 15.7. The molecule has 0 aliphatic carbocycles. The minimum atomic E-state index is -2.74. The molecule has 1 atom stereocenters. The van der Waals surface area contributed by atoms with Crippen molar-refractivity contribution in [2.75, 3.05) is 27.2 Å². The third kappa shape index (κ3) is 3.06. The number of likely N-dealkylation sites (tertiary alicyclic amines) is 1. The highest BCUT2D eigenvalue weighted by Crippen LogP contribution is 2.21. The normalized spacial score (nSPS) is 18.7. The van der Waals surface area contributed by atoms with E-state index in [1.807, 2.05) is 0 Å². The molecule has 5 nitrogen and oxygen atoms in total. The first-order valence-corrected chi connectivity index (χ1v) is 6.76. The van der Waals surface area contributed by atoms with Gasteiger partial charge in [0.1, 0.15) is 5.69 Å². The number of carbonyl (C=O) groups excluding carboxylic acids is 2. The van der Waals surface area contributed by atoms with Crippen molar-refractivity contribution >= 4 is 11.8 Å². The van der Waals surface area contributed by atoms with Crippen LogP contribution in [0.15, 0.2) is 12.1 Å². The zero-order valence-electron chi connectivity index (χ0n) is 12.3. The maximum Gasteiger partial charge on any atom is 0.319 e. The maximum atomic E-state index is 13.0. The molecule has 2 rings (SSSR count). The van der Waals surface area contributed by atoms with Gasteiger partial charge in [-0.25, -0.2) is 0 Å². The van der Waals surface area contributed by atoms with Gasteiger partial charge in [0.05, 0.1) is 0 Å². The molecule has 1 aliphatic rings. The topological polar surface area (TPSA) is 45.6 Å². The first kappa shape index (κ1) is 15.5. The third-order valence-corrected chi connectivity index (χ3v) is 3.84. The molecule has 2 amide bonds. The molecule has 1 aromatic rings. The van der Waals surface area contributed by atoms with E-state index in [-0.39, 0.29) is 17.5 Å². The van der Waals surface area contributed by atoms with Gasteiger partial charge in [-0.2, -0.15) is 8.78 Å². The molecule has 0 bridgehead atoms. The molecule has 0 spiro atoms. The minimum absolute atomic E-state index is 0.0253. The average Bonchev–Trinajstić information content (AvgIpc) is 2.92. The van der Waals surface area contributed by atoms with Crippen LogP contribution in [0, 0.1) is 12.8 Å². The van der Waals surface area contributed by atoms with Gasteiger partial charge < -0.3 is 9.80 Å². The molecule has 1 fully saturated rings. The fourth-order valence-electron chi connectivity index (χ4n) is 2.73. The lowest BCUT2D eigenvalue weighted by Gasteiger charge is -2.21. The number of hydrogen-bond acceptors (Lipinski definition) is 2. The number of carbonyl (C=O) groups is 2. The summed E-state index contributed by atoms with van der Waals surface area (Å²) in [6.07, 6.45) is 0.392. The second kappa shape index (κ2) is 5.83. The fourth-order valence-corrected chi connectivity index (χ4v) is 2.73. The highest BCUT2D eigenvalue weighted by molar-refractivity contribution is 5.93. The van der Waals surface area contributed by atoms with Crippen molar-refractivity contribution in [3.8, 4) is 0 Å². The fraction of sp³-hybridized carbons (Fsp3) is 0.571. The molecule has 21 heavy (non-hydrogen) atoms. The van der Waals surface area contributed by atoms with Crippen molar-refractivity contribution in [3.05, 3.63) is 23.5 Å². The van der Waals surface area contributed by atoms with Crippen molar-refractivity contribution in [3.63, 3.8) is 0 Å². The Morgan fingerprint density at radius 1 is 1.48 bits per heavy atom. The Bertz CT molecular complexity index is 556. The summed E-state index contributed by atoms with van der Waals surface area (Å²) in [5.74, 6) is -0.356. The smallest absolute Gasteiger partial charge is 0.319 e. The summed E-state index contributed by atoms with van der Waals surface area (Å²) in [4.78, 5) is 26.8. The molecule has 0 radical (unpaired) electrons. The molecular formula is C14H19F2N3O2.